The van der Waals surface area contributed by atoms with Crippen molar-refractivity contribution in [2.75, 3.05) is 7.11 Å². The number of benzene rings is 2. The minimum absolute atomic E-state index is 0.00294. The molecule has 0 aromatic heterocycles. The molecule has 0 saturated carbocycles. The summed E-state index contributed by atoms with van der Waals surface area (Å²) in [5.41, 5.74) is 0.836. The molecule has 2 aromatic carbocycles. The van der Waals surface area contributed by atoms with Crippen molar-refractivity contribution in [3.05, 3.63) is 62.3 Å². The number of carbonyl (C=O) groups excluding carboxylic acids is 1. The Balaban J connectivity index is 2.30. The Morgan fingerprint density at radius 1 is 1.20 bits per heavy atom. The lowest BCUT2D eigenvalue weighted by atomic mass is 10.0. The highest BCUT2D eigenvalue weighted by Gasteiger charge is 2.14. The lowest BCUT2D eigenvalue weighted by Gasteiger charge is -2.08. The Hall–Kier alpha value is -1.20. The smallest absolute Gasteiger partial charge is 0.168 e. The largest absolute Gasteiger partial charge is 0.497 e. The van der Waals surface area contributed by atoms with E-state index in [2.05, 4.69) is 31.9 Å². The molecule has 2 rings (SSSR count). The molecule has 0 saturated heterocycles. The van der Waals surface area contributed by atoms with Gasteiger partial charge in [0.05, 0.1) is 7.11 Å². The molecule has 0 heterocycles. The summed E-state index contributed by atoms with van der Waals surface area (Å²) in [5, 5.41) is 0. The fourth-order valence-corrected chi connectivity index (χ4v) is 2.67. The van der Waals surface area contributed by atoms with Crippen LogP contribution in [0.5, 0.6) is 5.75 Å². The summed E-state index contributed by atoms with van der Waals surface area (Å²) in [6.45, 7) is 0. The van der Waals surface area contributed by atoms with E-state index in [1.54, 1.807) is 30.3 Å². The average molecular weight is 402 g/mol. The van der Waals surface area contributed by atoms with Crippen LogP contribution in [0.25, 0.3) is 0 Å². The summed E-state index contributed by atoms with van der Waals surface area (Å²) in [6.07, 6.45) is -0.00294. The molecular formula is C15H11Br2FO2. The maximum Gasteiger partial charge on any atom is 0.168 e. The van der Waals surface area contributed by atoms with E-state index in [0.717, 1.165) is 4.47 Å². The van der Waals surface area contributed by atoms with Crippen LogP contribution in [0.2, 0.25) is 0 Å². The van der Waals surface area contributed by atoms with Crippen molar-refractivity contribution >= 4 is 37.6 Å². The molecule has 0 amide bonds. The van der Waals surface area contributed by atoms with E-state index in [4.69, 9.17) is 4.74 Å². The Kier molecular flexibility index (Phi) is 4.94. The second-order valence-electron chi connectivity index (χ2n) is 4.18. The number of Topliss-reactive ketones (excluding diaryl/α,β-unsaturated/α-hetero) is 1. The third-order valence-electron chi connectivity index (χ3n) is 2.83. The molecule has 5 heteroatoms. The second-order valence-corrected chi connectivity index (χ2v) is 5.95. The zero-order valence-corrected chi connectivity index (χ0v) is 13.8. The lowest BCUT2D eigenvalue weighted by molar-refractivity contribution is 0.0990. The number of carbonyl (C=O) groups is 1. The van der Waals surface area contributed by atoms with Crippen molar-refractivity contribution in [2.45, 2.75) is 6.42 Å². The van der Waals surface area contributed by atoms with Crippen LogP contribution >= 0.6 is 31.9 Å². The van der Waals surface area contributed by atoms with Crippen LogP contribution < -0.4 is 4.74 Å². The van der Waals surface area contributed by atoms with Crippen LogP contribution in [0.15, 0.2) is 45.3 Å². The molecule has 2 nitrogen and oxygen atoms in total. The zero-order valence-electron chi connectivity index (χ0n) is 10.6. The molecule has 0 aliphatic heterocycles. The summed E-state index contributed by atoms with van der Waals surface area (Å²) in [4.78, 5) is 12.3. The molecule has 2 aromatic rings. The van der Waals surface area contributed by atoms with Gasteiger partial charge in [-0.15, -0.1) is 0 Å². The number of methoxy groups -OCH3 is 1. The quantitative estimate of drug-likeness (QED) is 0.688. The fourth-order valence-electron chi connectivity index (χ4n) is 1.79. The van der Waals surface area contributed by atoms with E-state index in [9.17, 15) is 9.18 Å². The molecule has 0 fully saturated rings. The van der Waals surface area contributed by atoms with Gasteiger partial charge in [-0.3, -0.25) is 4.79 Å². The molecular weight excluding hydrogens is 391 g/mol. The predicted molar refractivity (Wildman–Crippen MR) is 82.8 cm³/mol. The van der Waals surface area contributed by atoms with Crippen LogP contribution in [-0.2, 0) is 6.42 Å². The highest BCUT2D eigenvalue weighted by molar-refractivity contribution is 9.10. The predicted octanol–water partition coefficient (Wildman–Crippen LogP) is 4.78. The third kappa shape index (κ3) is 3.46. The molecule has 20 heavy (non-hydrogen) atoms. The highest BCUT2D eigenvalue weighted by atomic mass is 79.9. The second kappa shape index (κ2) is 6.50. The van der Waals surface area contributed by atoms with E-state index < -0.39 is 0 Å². The molecule has 0 aliphatic rings. The Morgan fingerprint density at radius 3 is 2.65 bits per heavy atom. The summed E-state index contributed by atoms with van der Waals surface area (Å²) >= 11 is 6.60. The summed E-state index contributed by atoms with van der Waals surface area (Å²) in [5.74, 6) is 0.0274. The van der Waals surface area contributed by atoms with Gasteiger partial charge in [0.25, 0.3) is 0 Å². The Labute approximate surface area is 133 Å². The topological polar surface area (TPSA) is 26.3 Å². The SMILES string of the molecule is COc1ccc(Br)c(C(=O)Cc2cc(Br)ccc2F)c1. The molecule has 0 N–H and O–H groups in total. The number of hydrogen-bond acceptors (Lipinski definition) is 2. The van der Waals surface area contributed by atoms with Crippen LogP contribution in [-0.4, -0.2) is 12.9 Å². The van der Waals surface area contributed by atoms with Crippen molar-refractivity contribution in [1.82, 2.24) is 0 Å². The number of ether oxygens (including phenoxy) is 1. The maximum atomic E-state index is 13.7. The molecule has 0 bridgehead atoms. The van der Waals surface area contributed by atoms with Gasteiger partial charge in [-0.05, 0) is 42.0 Å². The average Bonchev–Trinajstić information content (AvgIpc) is 2.43. The van der Waals surface area contributed by atoms with Gasteiger partial charge in [0.15, 0.2) is 5.78 Å². The van der Waals surface area contributed by atoms with Gasteiger partial charge in [0.1, 0.15) is 11.6 Å². The third-order valence-corrected chi connectivity index (χ3v) is 4.02. The Morgan fingerprint density at radius 2 is 1.95 bits per heavy atom. The first kappa shape index (κ1) is 15.2. The van der Waals surface area contributed by atoms with Crippen molar-refractivity contribution in [3.63, 3.8) is 0 Å². The van der Waals surface area contributed by atoms with Crippen LogP contribution in [0.3, 0.4) is 0 Å². The summed E-state index contributed by atoms with van der Waals surface area (Å²) in [7, 11) is 1.53. The Bertz CT molecular complexity index is 656. The first-order valence-corrected chi connectivity index (χ1v) is 7.40. The van der Waals surface area contributed by atoms with Crippen LogP contribution in [0.1, 0.15) is 15.9 Å². The summed E-state index contributed by atoms with van der Waals surface area (Å²) in [6, 6.07) is 9.69. The highest BCUT2D eigenvalue weighted by Crippen LogP contribution is 2.25. The normalized spacial score (nSPS) is 10.4. The van der Waals surface area contributed by atoms with E-state index in [-0.39, 0.29) is 18.0 Å². The molecule has 0 aliphatic carbocycles. The van der Waals surface area contributed by atoms with Gasteiger partial charge >= 0.3 is 0 Å². The summed E-state index contributed by atoms with van der Waals surface area (Å²) < 4.78 is 20.2. The number of halogens is 3. The van der Waals surface area contributed by atoms with E-state index >= 15 is 0 Å². The fraction of sp³-hybridized carbons (Fsp3) is 0.133. The molecule has 0 unspecified atom stereocenters. The van der Waals surface area contributed by atoms with Crippen molar-refractivity contribution in [2.24, 2.45) is 0 Å². The zero-order chi connectivity index (χ0) is 14.7. The molecule has 0 atom stereocenters. The first-order valence-electron chi connectivity index (χ1n) is 5.82. The van der Waals surface area contributed by atoms with E-state index in [1.165, 1.54) is 13.2 Å². The van der Waals surface area contributed by atoms with Gasteiger partial charge in [-0.2, -0.15) is 0 Å². The minimum Gasteiger partial charge on any atom is -0.497 e. The van der Waals surface area contributed by atoms with Gasteiger partial charge in [-0.1, -0.05) is 31.9 Å². The van der Waals surface area contributed by atoms with Gasteiger partial charge in [0, 0.05) is 20.9 Å². The van der Waals surface area contributed by atoms with Crippen molar-refractivity contribution in [3.8, 4) is 5.75 Å². The van der Waals surface area contributed by atoms with Gasteiger partial charge in [-0.25, -0.2) is 4.39 Å². The van der Waals surface area contributed by atoms with Gasteiger partial charge < -0.3 is 4.74 Å². The monoisotopic (exact) mass is 400 g/mol. The number of rotatable bonds is 4. The molecule has 0 spiro atoms. The van der Waals surface area contributed by atoms with Crippen molar-refractivity contribution < 1.29 is 13.9 Å². The molecule has 0 radical (unpaired) electrons. The van der Waals surface area contributed by atoms with Crippen molar-refractivity contribution in [1.29, 1.82) is 0 Å². The van der Waals surface area contributed by atoms with Crippen LogP contribution in [0, 0.1) is 5.82 Å². The van der Waals surface area contributed by atoms with Crippen LogP contribution in [0.4, 0.5) is 4.39 Å². The van der Waals surface area contributed by atoms with E-state index in [1.807, 2.05) is 0 Å². The molecule has 104 valence electrons. The van der Waals surface area contributed by atoms with E-state index in [0.29, 0.717) is 21.3 Å². The number of ketones is 1. The standard InChI is InChI=1S/C15H11Br2FO2/c1-20-11-3-4-13(17)12(8-11)15(19)7-9-6-10(16)2-5-14(9)18/h2-6,8H,7H2,1H3. The first-order chi connectivity index (χ1) is 9.51. The van der Waals surface area contributed by atoms with Gasteiger partial charge in [0.2, 0.25) is 0 Å². The minimum atomic E-state index is -0.388. The maximum absolute atomic E-state index is 13.7. The number of hydrogen-bond donors (Lipinski definition) is 0. The lowest BCUT2D eigenvalue weighted by Crippen LogP contribution is -2.06.